The second kappa shape index (κ2) is 5.78. The molecule has 2 aliphatic heterocycles. The number of amides is 1. The Morgan fingerprint density at radius 3 is 2.24 bits per heavy atom. The maximum Gasteiger partial charge on any atom is 0.495 e. The lowest BCUT2D eigenvalue weighted by molar-refractivity contribution is 0.00578. The zero-order valence-electron chi connectivity index (χ0n) is 15.4. The monoisotopic (exact) mass is 351 g/mol. The predicted molar refractivity (Wildman–Crippen MR) is 92.4 cm³/mol. The highest BCUT2D eigenvalue weighted by molar-refractivity contribution is 6.62. The van der Waals surface area contributed by atoms with E-state index < -0.39 is 30.8 Å². The van der Waals surface area contributed by atoms with E-state index in [4.69, 9.17) is 9.31 Å². The average Bonchev–Trinajstić information content (AvgIpc) is 2.94. The number of likely N-dealkylation sites (tertiary alicyclic amines) is 1. The van der Waals surface area contributed by atoms with Gasteiger partial charge in [0.2, 0.25) is 0 Å². The number of hydrogen-bond acceptors (Lipinski definition) is 3. The predicted octanol–water partition coefficient (Wildman–Crippen LogP) is 2.78. The van der Waals surface area contributed by atoms with Crippen molar-refractivity contribution < 1.29 is 22.9 Å². The van der Waals surface area contributed by atoms with Gasteiger partial charge in [0.25, 0.3) is 11.8 Å². The highest BCUT2D eigenvalue weighted by atomic mass is 19.3. The molecule has 2 aliphatic rings. The Balaban J connectivity index is 1.79. The van der Waals surface area contributed by atoms with Gasteiger partial charge >= 0.3 is 7.12 Å². The molecule has 0 spiro atoms. The Labute approximate surface area is 147 Å². The van der Waals surface area contributed by atoms with Gasteiger partial charge in [0, 0.05) is 18.5 Å². The molecule has 4 nitrogen and oxygen atoms in total. The molecule has 0 atom stereocenters. The van der Waals surface area contributed by atoms with Gasteiger partial charge < -0.3 is 14.2 Å². The molecule has 1 amide bonds. The number of halogens is 2. The van der Waals surface area contributed by atoms with Crippen LogP contribution in [-0.4, -0.2) is 48.1 Å². The van der Waals surface area contributed by atoms with E-state index >= 15 is 0 Å². The van der Waals surface area contributed by atoms with Crippen molar-refractivity contribution in [3.05, 3.63) is 29.3 Å². The lowest BCUT2D eigenvalue weighted by Crippen LogP contribution is -2.41. The van der Waals surface area contributed by atoms with Gasteiger partial charge in [-0.2, -0.15) is 0 Å². The van der Waals surface area contributed by atoms with Crippen LogP contribution in [0.5, 0.6) is 0 Å². The first-order chi connectivity index (χ1) is 11.4. The van der Waals surface area contributed by atoms with Gasteiger partial charge in [-0.3, -0.25) is 4.79 Å². The van der Waals surface area contributed by atoms with E-state index in [1.54, 1.807) is 18.2 Å². The van der Waals surface area contributed by atoms with Crippen LogP contribution in [0.3, 0.4) is 0 Å². The van der Waals surface area contributed by atoms with E-state index in [1.807, 2.05) is 34.6 Å². The zero-order chi connectivity index (χ0) is 18.6. The Kier molecular flexibility index (Phi) is 4.24. The Hall–Kier alpha value is -1.47. The summed E-state index contributed by atoms with van der Waals surface area (Å²) in [6, 6.07) is 5.17. The number of aryl methyl sites for hydroxylation is 1. The molecule has 3 rings (SSSR count). The molecule has 0 aromatic heterocycles. The Morgan fingerprint density at radius 2 is 1.76 bits per heavy atom. The van der Waals surface area contributed by atoms with Crippen LogP contribution >= 0.6 is 0 Å². The molecule has 0 saturated carbocycles. The van der Waals surface area contributed by atoms with Crippen LogP contribution < -0.4 is 5.46 Å². The SMILES string of the molecule is Cc1cc(C(=O)N2CCC(F)(F)C2)ccc1B1OC(C)(C)C(C)(C)O1. The van der Waals surface area contributed by atoms with Gasteiger partial charge in [-0.25, -0.2) is 8.78 Å². The molecule has 0 bridgehead atoms. The average molecular weight is 351 g/mol. The number of benzene rings is 1. The van der Waals surface area contributed by atoms with Gasteiger partial charge in [-0.1, -0.05) is 11.6 Å². The van der Waals surface area contributed by atoms with Crippen molar-refractivity contribution in [2.45, 2.75) is 58.2 Å². The summed E-state index contributed by atoms with van der Waals surface area (Å²) in [5.74, 6) is -3.14. The zero-order valence-corrected chi connectivity index (χ0v) is 15.4. The summed E-state index contributed by atoms with van der Waals surface area (Å²) in [5, 5.41) is 0. The molecule has 0 radical (unpaired) electrons. The molecule has 0 N–H and O–H groups in total. The van der Waals surface area contributed by atoms with E-state index in [0.717, 1.165) is 11.0 Å². The van der Waals surface area contributed by atoms with Crippen molar-refractivity contribution in [3.8, 4) is 0 Å². The van der Waals surface area contributed by atoms with E-state index in [0.29, 0.717) is 5.56 Å². The molecule has 2 saturated heterocycles. The van der Waals surface area contributed by atoms with Crippen molar-refractivity contribution in [3.63, 3.8) is 0 Å². The van der Waals surface area contributed by atoms with Crippen LogP contribution in [0.4, 0.5) is 8.78 Å². The molecule has 1 aromatic carbocycles. The molecular weight excluding hydrogens is 327 g/mol. The first-order valence-electron chi connectivity index (χ1n) is 8.55. The number of rotatable bonds is 2. The van der Waals surface area contributed by atoms with Crippen molar-refractivity contribution in [2.24, 2.45) is 0 Å². The molecule has 7 heteroatoms. The van der Waals surface area contributed by atoms with Crippen LogP contribution in [0.1, 0.15) is 50.0 Å². The molecule has 25 heavy (non-hydrogen) atoms. The molecule has 0 aliphatic carbocycles. The fourth-order valence-electron chi connectivity index (χ4n) is 3.14. The van der Waals surface area contributed by atoms with E-state index in [2.05, 4.69) is 0 Å². The van der Waals surface area contributed by atoms with Crippen molar-refractivity contribution in [2.75, 3.05) is 13.1 Å². The third-order valence-corrected chi connectivity index (χ3v) is 5.48. The normalized spacial score (nSPS) is 24.0. The van der Waals surface area contributed by atoms with E-state index in [-0.39, 0.29) is 18.9 Å². The maximum absolute atomic E-state index is 13.3. The fraction of sp³-hybridized carbons (Fsp3) is 0.611. The molecule has 136 valence electrons. The fourth-order valence-corrected chi connectivity index (χ4v) is 3.14. The van der Waals surface area contributed by atoms with Crippen LogP contribution in [0.15, 0.2) is 18.2 Å². The number of carbonyl (C=O) groups excluding carboxylic acids is 1. The number of carbonyl (C=O) groups is 1. The molecule has 2 fully saturated rings. The van der Waals surface area contributed by atoms with Gasteiger partial charge in [-0.15, -0.1) is 0 Å². The standard InChI is InChI=1S/C18H24BF2NO3/c1-12-10-13(15(23)22-9-8-18(20,21)11-22)6-7-14(12)19-24-16(2,3)17(4,5)25-19/h6-7,10H,8-9,11H2,1-5H3. The third kappa shape index (κ3) is 3.32. The molecule has 2 heterocycles. The largest absolute Gasteiger partial charge is 0.495 e. The van der Waals surface area contributed by atoms with E-state index in [9.17, 15) is 13.6 Å². The minimum Gasteiger partial charge on any atom is -0.399 e. The Bertz CT molecular complexity index is 690. The van der Waals surface area contributed by atoms with Crippen LogP contribution in [0.2, 0.25) is 0 Å². The maximum atomic E-state index is 13.3. The summed E-state index contributed by atoms with van der Waals surface area (Å²) in [4.78, 5) is 13.7. The molecule has 1 aromatic rings. The third-order valence-electron chi connectivity index (χ3n) is 5.48. The lowest BCUT2D eigenvalue weighted by Gasteiger charge is -2.32. The van der Waals surface area contributed by atoms with Crippen LogP contribution in [-0.2, 0) is 9.31 Å². The van der Waals surface area contributed by atoms with Crippen molar-refractivity contribution in [1.29, 1.82) is 0 Å². The first kappa shape index (κ1) is 18.3. The Morgan fingerprint density at radius 1 is 1.16 bits per heavy atom. The number of alkyl halides is 2. The lowest BCUT2D eigenvalue weighted by atomic mass is 9.76. The minimum atomic E-state index is -2.78. The summed E-state index contributed by atoms with van der Waals surface area (Å²) in [6.07, 6.45) is -0.274. The van der Waals surface area contributed by atoms with E-state index in [1.165, 1.54) is 4.90 Å². The van der Waals surface area contributed by atoms with Gasteiger partial charge in [0.05, 0.1) is 17.7 Å². The topological polar surface area (TPSA) is 38.8 Å². The smallest absolute Gasteiger partial charge is 0.399 e. The van der Waals surface area contributed by atoms with Crippen molar-refractivity contribution >= 4 is 18.5 Å². The van der Waals surface area contributed by atoms with Gasteiger partial charge in [-0.05, 0) is 52.2 Å². The van der Waals surface area contributed by atoms with Gasteiger partial charge in [0.15, 0.2) is 0 Å². The summed E-state index contributed by atoms with van der Waals surface area (Å²) < 4.78 is 38.8. The highest BCUT2D eigenvalue weighted by Gasteiger charge is 2.52. The minimum absolute atomic E-state index is 0.0872. The number of hydrogen-bond donors (Lipinski definition) is 0. The summed E-state index contributed by atoms with van der Waals surface area (Å²) in [7, 11) is -0.509. The van der Waals surface area contributed by atoms with Crippen LogP contribution in [0.25, 0.3) is 0 Å². The quantitative estimate of drug-likeness (QED) is 0.770. The van der Waals surface area contributed by atoms with Crippen molar-refractivity contribution in [1.82, 2.24) is 4.90 Å². The number of nitrogens with zero attached hydrogens (tertiary/aromatic N) is 1. The highest BCUT2D eigenvalue weighted by Crippen LogP contribution is 2.36. The van der Waals surface area contributed by atoms with Gasteiger partial charge in [0.1, 0.15) is 0 Å². The summed E-state index contributed by atoms with van der Waals surface area (Å²) >= 11 is 0. The summed E-state index contributed by atoms with van der Waals surface area (Å²) in [5.41, 5.74) is 1.21. The van der Waals surface area contributed by atoms with Crippen LogP contribution in [0, 0.1) is 6.92 Å². The first-order valence-corrected chi connectivity index (χ1v) is 8.55. The second-order valence-corrected chi connectivity index (χ2v) is 7.99. The molecular formula is C18H24BF2NO3. The second-order valence-electron chi connectivity index (χ2n) is 7.99. The summed E-state index contributed by atoms with van der Waals surface area (Å²) in [6.45, 7) is 9.37. The molecule has 0 unspecified atom stereocenters.